The number of quaternary nitrogens is 1. The lowest BCUT2D eigenvalue weighted by Gasteiger charge is -2.59. The number of aliphatic hydroxyl groups excluding tert-OH is 2. The first-order valence-electron chi connectivity index (χ1n) is 28.2. The highest BCUT2D eigenvalue weighted by Crippen LogP contribution is 2.70. The minimum Gasteiger partial charge on any atom is -0.453 e. The minimum atomic E-state index is -4.99. The number of ether oxygens (including phenoxy) is 4. The van der Waals surface area contributed by atoms with Crippen molar-refractivity contribution in [3.05, 3.63) is 89.0 Å². The van der Waals surface area contributed by atoms with Crippen LogP contribution in [0.3, 0.4) is 0 Å². The van der Waals surface area contributed by atoms with Gasteiger partial charge in [-0.2, -0.15) is 0 Å². The third-order valence-electron chi connectivity index (χ3n) is 18.4. The molecule has 11 atom stereocenters. The fourth-order valence-electron chi connectivity index (χ4n) is 14.6. The Bertz CT molecular complexity index is 2400. The average Bonchev–Trinajstić information content (AvgIpc) is 4.02. The van der Waals surface area contributed by atoms with Crippen LogP contribution in [0.1, 0.15) is 146 Å². The van der Waals surface area contributed by atoms with Crippen LogP contribution in [-0.2, 0) is 50.9 Å². The second-order valence-corrected chi connectivity index (χ2v) is 24.9. The maximum absolute atomic E-state index is 15.3. The summed E-state index contributed by atoms with van der Waals surface area (Å²) in [6.07, 6.45) is 17.4. The fourth-order valence-corrected chi connectivity index (χ4v) is 15.1. The van der Waals surface area contributed by atoms with Crippen molar-refractivity contribution in [3.63, 3.8) is 0 Å². The predicted octanol–water partition coefficient (Wildman–Crippen LogP) is 8.80. The Morgan fingerprint density at radius 2 is 1.69 bits per heavy atom. The Kier molecular flexibility index (Phi) is 18.9. The van der Waals surface area contributed by atoms with Crippen molar-refractivity contribution in [2.45, 2.75) is 173 Å². The average molecular weight is 1060 g/mol. The molecular weight excluding hydrogens is 976 g/mol. The molecule has 5 N–H and O–H groups in total. The lowest BCUT2D eigenvalue weighted by Crippen LogP contribution is -2.64. The molecular formula is C59H86N2O13P+. The molecule has 2 aromatic carbocycles. The van der Waals surface area contributed by atoms with Crippen LogP contribution in [0.4, 0.5) is 0 Å². The van der Waals surface area contributed by atoms with Crippen LogP contribution < -0.4 is 9.84 Å². The van der Waals surface area contributed by atoms with Gasteiger partial charge in [0.15, 0.2) is 30.3 Å². The third-order valence-corrected chi connectivity index (χ3v) is 18.8. The number of ketones is 2. The van der Waals surface area contributed by atoms with Crippen LogP contribution in [0.25, 0.3) is 0 Å². The van der Waals surface area contributed by atoms with E-state index < -0.39 is 67.5 Å². The number of carbonyl (C=O) groups is 3. The number of phosphoric ester groups is 1. The molecule has 5 fully saturated rings. The van der Waals surface area contributed by atoms with Gasteiger partial charge < -0.3 is 43.5 Å². The number of esters is 1. The Labute approximate surface area is 445 Å². The highest BCUT2D eigenvalue weighted by Gasteiger charge is 2.76. The third kappa shape index (κ3) is 12.8. The van der Waals surface area contributed by atoms with E-state index in [9.17, 15) is 34.2 Å². The molecule has 1 saturated heterocycles. The van der Waals surface area contributed by atoms with Gasteiger partial charge in [-0.3, -0.25) is 19.4 Å². The summed E-state index contributed by atoms with van der Waals surface area (Å²) in [5.74, 6) is -1.12. The summed E-state index contributed by atoms with van der Waals surface area (Å²) in [6, 6.07) is 14.4. The van der Waals surface area contributed by atoms with Crippen LogP contribution in [0.15, 0.2) is 72.3 Å². The largest absolute Gasteiger partial charge is 0.524 e. The zero-order chi connectivity index (χ0) is 53.6. The fraction of sp³-hybridized carbons (Fsp3) is 0.678. The molecule has 8 rings (SSSR count). The molecule has 5 aliphatic carbocycles. The van der Waals surface area contributed by atoms with E-state index in [4.69, 9.17) is 23.5 Å². The minimum absolute atomic E-state index is 0.0282. The number of allylic oxidation sites excluding steroid dienone is 4. The van der Waals surface area contributed by atoms with Gasteiger partial charge in [0.05, 0.1) is 32.4 Å². The molecule has 414 valence electrons. The topological polar surface area (TPSA) is 207 Å². The number of Topliss-reactive ketones (excluding diaryl/α,β-unsaturated/α-hetero) is 1. The van der Waals surface area contributed by atoms with Crippen molar-refractivity contribution in [1.82, 2.24) is 5.32 Å². The predicted molar refractivity (Wildman–Crippen MR) is 284 cm³/mol. The number of likely N-dealkylation sites (N-methyl/N-ethyl adjacent to an activating group) is 1. The van der Waals surface area contributed by atoms with Gasteiger partial charge in [-0.1, -0.05) is 101 Å². The van der Waals surface area contributed by atoms with Crippen molar-refractivity contribution in [3.8, 4) is 5.75 Å². The van der Waals surface area contributed by atoms with Crippen molar-refractivity contribution >= 4 is 25.4 Å². The van der Waals surface area contributed by atoms with Crippen molar-refractivity contribution < 1.29 is 66.9 Å². The Morgan fingerprint density at radius 3 is 2.43 bits per heavy atom. The number of rotatable bonds is 26. The second kappa shape index (κ2) is 24.6. The summed E-state index contributed by atoms with van der Waals surface area (Å²) in [7, 11) is -1.37. The van der Waals surface area contributed by atoms with Gasteiger partial charge in [0, 0.05) is 54.4 Å². The summed E-state index contributed by atoms with van der Waals surface area (Å²) >= 11 is 0. The van der Waals surface area contributed by atoms with Crippen molar-refractivity contribution in [2.75, 3.05) is 47.0 Å². The van der Waals surface area contributed by atoms with Crippen molar-refractivity contribution in [2.24, 2.45) is 34.5 Å². The number of carbonyl (C=O) groups excluding carboxylic acids is 3. The van der Waals surface area contributed by atoms with Crippen LogP contribution in [0.2, 0.25) is 0 Å². The van der Waals surface area contributed by atoms with Gasteiger partial charge in [0.2, 0.25) is 5.78 Å². The highest BCUT2D eigenvalue weighted by molar-refractivity contribution is 7.46. The maximum Gasteiger partial charge on any atom is 0.524 e. The number of fused-ring (bicyclic) bond motifs is 7. The number of nitrogens with one attached hydrogen (secondary N) is 1. The number of aliphatic hydroxyl groups is 2. The highest BCUT2D eigenvalue weighted by atomic mass is 31.2. The molecule has 1 heterocycles. The number of nitrogens with zero attached hydrogens (tertiary/aromatic N) is 1. The van der Waals surface area contributed by atoms with E-state index in [1.807, 2.05) is 33.2 Å². The molecule has 0 radical (unpaired) electrons. The zero-order valence-electron chi connectivity index (χ0n) is 45.2. The summed E-state index contributed by atoms with van der Waals surface area (Å²) in [5, 5.41) is 26.9. The monoisotopic (exact) mass is 1060 g/mol. The SMILES string of the molecule is CCC(C(=O)OCC(=O)[C@@]12O[C@H](C3CCCCC3)O[C@H]1CC1C3CCC4=CC(=O)C=C[C@]4(C)C3[C@@H](O)C[C@@]12C)[N+](C)(C)Cc1cc(C(O)CNCCCCCCOCCCCc2ccccc2)ccc1OP(=O)(O)O. The Balaban J connectivity index is 0.881. The smallest absolute Gasteiger partial charge is 0.453 e. The molecule has 0 aromatic heterocycles. The summed E-state index contributed by atoms with van der Waals surface area (Å²) in [5.41, 5.74) is 0.509. The number of benzene rings is 2. The first-order valence-corrected chi connectivity index (χ1v) is 29.7. The molecule has 16 heteroatoms. The van der Waals surface area contributed by atoms with Gasteiger partial charge in [-0.15, -0.1) is 0 Å². The molecule has 15 nitrogen and oxygen atoms in total. The number of hydrogen-bond acceptors (Lipinski definition) is 12. The van der Waals surface area contributed by atoms with Crippen LogP contribution in [0.5, 0.6) is 5.75 Å². The molecule has 6 aliphatic rings. The zero-order valence-corrected chi connectivity index (χ0v) is 46.1. The first kappa shape index (κ1) is 57.6. The lowest BCUT2D eigenvalue weighted by molar-refractivity contribution is -0.919. The van der Waals surface area contributed by atoms with E-state index in [2.05, 4.69) is 43.4 Å². The first-order chi connectivity index (χ1) is 35.8. The molecule has 0 spiro atoms. The standard InChI is InChI=1S/C59H85N2O13P/c1-6-48(61(4,5)38-43-33-42(24-27-51(43)74-75(67,68)69)50(64)37-60-30-16-7-8-17-31-70-32-18-15-21-40-19-11-9-12-20-40)55(66)71-39-52(65)59-53(72-56(73-59)41-22-13-10-14-23-41)35-47-46-26-25-44-34-45(62)28-29-57(44,2)54(46)49(63)36-58(47,59)3/h9,11-12,19-20,24,27-29,33-34,41,46-50,53-54,56,60,63-64H,6-8,10,13-18,21-23,25-26,30-32,35-39H2,1-5H3,(H-,67,68,69)/p+1/t46?,47?,48?,49-,50?,53-,54?,56+,57-,58-,59+/m0/s1. The normalized spacial score (nSPS) is 30.4. The van der Waals surface area contributed by atoms with Gasteiger partial charge in [0.1, 0.15) is 12.3 Å². The Hall–Kier alpha value is -3.60. The maximum atomic E-state index is 15.3. The molecule has 0 bridgehead atoms. The van der Waals surface area contributed by atoms with Crippen molar-refractivity contribution in [1.29, 1.82) is 0 Å². The number of hydrogen-bond donors (Lipinski definition) is 5. The number of aryl methyl sites for hydroxylation is 1. The quantitative estimate of drug-likeness (QED) is 0.0258. The summed E-state index contributed by atoms with van der Waals surface area (Å²) < 4.78 is 43.2. The van der Waals surface area contributed by atoms with Gasteiger partial charge in [0.25, 0.3) is 0 Å². The molecule has 2 aromatic rings. The number of unbranched alkanes of at least 4 members (excludes halogenated alkanes) is 4. The van der Waals surface area contributed by atoms with Gasteiger partial charge >= 0.3 is 13.8 Å². The van der Waals surface area contributed by atoms with Gasteiger partial charge in [-0.25, -0.2) is 9.36 Å². The van der Waals surface area contributed by atoms with Crippen LogP contribution in [-0.4, -0.2) is 119 Å². The van der Waals surface area contributed by atoms with E-state index >= 15 is 4.79 Å². The van der Waals surface area contributed by atoms with E-state index in [0.717, 1.165) is 109 Å². The van der Waals surface area contributed by atoms with E-state index in [1.165, 1.54) is 11.6 Å². The van der Waals surface area contributed by atoms with Gasteiger partial charge in [-0.05, 0) is 124 Å². The number of phosphoric acid groups is 1. The molecule has 5 unspecified atom stereocenters. The molecule has 4 saturated carbocycles. The summed E-state index contributed by atoms with van der Waals surface area (Å²) in [6.45, 7) is 8.04. The van der Waals surface area contributed by atoms with E-state index in [1.54, 1.807) is 24.3 Å². The van der Waals surface area contributed by atoms with Crippen LogP contribution in [0, 0.1) is 34.5 Å². The molecule has 75 heavy (non-hydrogen) atoms. The Morgan fingerprint density at radius 1 is 0.960 bits per heavy atom. The lowest BCUT2D eigenvalue weighted by atomic mass is 9.46. The molecule has 0 amide bonds. The second-order valence-electron chi connectivity index (χ2n) is 23.7. The van der Waals surface area contributed by atoms with E-state index in [0.29, 0.717) is 30.5 Å². The van der Waals surface area contributed by atoms with Crippen LogP contribution >= 0.6 is 7.82 Å². The summed E-state index contributed by atoms with van der Waals surface area (Å²) in [4.78, 5) is 61.9. The van der Waals surface area contributed by atoms with E-state index in [-0.39, 0.29) is 65.0 Å². The molecule has 1 aliphatic heterocycles.